The van der Waals surface area contributed by atoms with Gasteiger partial charge in [0.25, 0.3) is 11.6 Å². The fourth-order valence-electron chi connectivity index (χ4n) is 1.88. The van der Waals surface area contributed by atoms with Crippen LogP contribution >= 0.6 is 11.6 Å². The van der Waals surface area contributed by atoms with E-state index in [2.05, 4.69) is 4.99 Å². The smallest absolute Gasteiger partial charge is 0.270 e. The molecule has 94 valence electrons. The molecule has 0 heterocycles. The predicted octanol–water partition coefficient (Wildman–Crippen LogP) is 1.07. The van der Waals surface area contributed by atoms with E-state index < -0.39 is 16.9 Å². The molecule has 0 bridgehead atoms. The monoisotopic (exact) mass is 268 g/mol. The largest absolute Gasteiger partial charge is 0.386 e. The Hall–Kier alpha value is -1.79. The van der Waals surface area contributed by atoms with Crippen LogP contribution in [-0.4, -0.2) is 33.6 Å². The Labute approximate surface area is 107 Å². The number of hydrogen-bond acceptors (Lipinski definition) is 4. The normalized spacial score (nSPS) is 19.9. The minimum Gasteiger partial charge on any atom is -0.386 e. The van der Waals surface area contributed by atoms with E-state index in [0.717, 1.165) is 5.56 Å². The number of halogens is 1. The van der Waals surface area contributed by atoms with Gasteiger partial charge in [-0.3, -0.25) is 14.9 Å². The summed E-state index contributed by atoms with van der Waals surface area (Å²) in [6.07, 6.45) is -0.629. The lowest BCUT2D eigenvalue weighted by Crippen LogP contribution is -2.18. The average molecular weight is 269 g/mol. The highest BCUT2D eigenvalue weighted by Crippen LogP contribution is 2.27. The number of carbonyl (C=O) groups is 1. The van der Waals surface area contributed by atoms with Crippen molar-refractivity contribution in [2.24, 2.45) is 4.99 Å². The number of non-ortho nitro benzene ring substituents is 1. The van der Waals surface area contributed by atoms with E-state index in [1.54, 1.807) is 6.07 Å². The van der Waals surface area contributed by atoms with E-state index in [9.17, 15) is 20.0 Å². The van der Waals surface area contributed by atoms with Crippen LogP contribution in [0.5, 0.6) is 0 Å². The van der Waals surface area contributed by atoms with Crippen molar-refractivity contribution in [1.29, 1.82) is 0 Å². The molecule has 0 fully saturated rings. The summed E-state index contributed by atoms with van der Waals surface area (Å²) in [6.45, 7) is 0. The first-order valence-electron chi connectivity index (χ1n) is 5.16. The molecule has 0 saturated heterocycles. The highest BCUT2D eigenvalue weighted by molar-refractivity contribution is 6.28. The van der Waals surface area contributed by atoms with Crippen LogP contribution in [-0.2, 0) is 11.2 Å². The molecule has 1 atom stereocenters. The van der Waals surface area contributed by atoms with Crippen LogP contribution in [0.25, 0.3) is 0 Å². The number of nitro benzene ring substituents is 1. The van der Waals surface area contributed by atoms with E-state index >= 15 is 0 Å². The molecule has 1 aromatic rings. The average Bonchev–Trinajstić information content (AvgIpc) is 2.65. The minimum absolute atomic E-state index is 0.103. The van der Waals surface area contributed by atoms with Gasteiger partial charge >= 0.3 is 0 Å². The molecule has 1 amide bonds. The molecule has 18 heavy (non-hydrogen) atoms. The Balaban J connectivity index is 2.49. The third-order valence-corrected chi connectivity index (χ3v) is 2.90. The Morgan fingerprint density at radius 3 is 2.94 bits per heavy atom. The number of nitrogens with zero attached hydrogens (tertiary/aromatic N) is 2. The zero-order chi connectivity index (χ0) is 13.3. The zero-order valence-electron chi connectivity index (χ0n) is 9.17. The van der Waals surface area contributed by atoms with Crippen molar-refractivity contribution >= 4 is 28.9 Å². The zero-order valence-corrected chi connectivity index (χ0v) is 9.92. The lowest BCUT2D eigenvalue weighted by atomic mass is 10.1. The van der Waals surface area contributed by atoms with Crippen molar-refractivity contribution in [2.45, 2.75) is 12.5 Å². The van der Waals surface area contributed by atoms with Crippen molar-refractivity contribution in [3.05, 3.63) is 39.4 Å². The lowest BCUT2D eigenvalue weighted by molar-refractivity contribution is -0.384. The molecule has 1 N–H and O–H groups in total. The van der Waals surface area contributed by atoms with E-state index in [0.29, 0.717) is 12.0 Å². The van der Waals surface area contributed by atoms with Crippen LogP contribution in [0.15, 0.2) is 23.2 Å². The summed E-state index contributed by atoms with van der Waals surface area (Å²) in [5, 5.41) is 20.5. The molecule has 1 aliphatic rings. The molecule has 6 nitrogen and oxygen atoms in total. The van der Waals surface area contributed by atoms with Gasteiger partial charge in [-0.05, 0) is 5.56 Å². The van der Waals surface area contributed by atoms with E-state index in [4.69, 9.17) is 11.6 Å². The number of alkyl halides is 1. The number of aliphatic hydroxyl groups excluding tert-OH is 1. The van der Waals surface area contributed by atoms with Crippen LogP contribution < -0.4 is 0 Å². The van der Waals surface area contributed by atoms with Gasteiger partial charge in [-0.25, -0.2) is 4.99 Å². The summed E-state index contributed by atoms with van der Waals surface area (Å²) in [5.74, 6) is -0.870. The standard InChI is InChI=1S/C11H9ClN2O4/c12-5-10(16)13-11-8-4-7(14(17)18)2-1-6(8)3-9(11)15/h1-2,4,9,15H,3,5H2/t9-/m0/s1. The quantitative estimate of drug-likeness (QED) is 0.493. The summed E-state index contributed by atoms with van der Waals surface area (Å²) in [5.41, 5.74) is 1.22. The van der Waals surface area contributed by atoms with Gasteiger partial charge in [0.1, 0.15) is 12.0 Å². The predicted molar refractivity (Wildman–Crippen MR) is 65.1 cm³/mol. The summed E-state index contributed by atoms with van der Waals surface area (Å²) >= 11 is 5.34. The van der Waals surface area contributed by atoms with Crippen LogP contribution in [0.4, 0.5) is 5.69 Å². The van der Waals surface area contributed by atoms with Crippen molar-refractivity contribution in [3.63, 3.8) is 0 Å². The number of fused-ring (bicyclic) bond motifs is 1. The van der Waals surface area contributed by atoms with Gasteiger partial charge in [-0.2, -0.15) is 0 Å². The number of amides is 1. The number of carbonyl (C=O) groups excluding carboxylic acids is 1. The maximum atomic E-state index is 11.2. The maximum Gasteiger partial charge on any atom is 0.270 e. The number of aliphatic imine (C=N–C) groups is 1. The van der Waals surface area contributed by atoms with Gasteiger partial charge in [0.05, 0.1) is 10.6 Å². The first-order chi connectivity index (χ1) is 8.52. The van der Waals surface area contributed by atoms with Gasteiger partial charge in [-0.15, -0.1) is 11.6 Å². The van der Waals surface area contributed by atoms with Gasteiger partial charge in [0, 0.05) is 24.1 Å². The molecule has 0 aromatic heterocycles. The van der Waals surface area contributed by atoms with Crippen LogP contribution in [0, 0.1) is 10.1 Å². The molecule has 0 saturated carbocycles. The summed E-state index contributed by atoms with van der Waals surface area (Å²) in [4.78, 5) is 25.0. The Morgan fingerprint density at radius 2 is 2.33 bits per heavy atom. The fraction of sp³-hybridized carbons (Fsp3) is 0.273. The van der Waals surface area contributed by atoms with Crippen LogP contribution in [0.3, 0.4) is 0 Å². The summed E-state index contributed by atoms with van der Waals surface area (Å²) in [6, 6.07) is 4.23. The number of benzene rings is 1. The number of hydrogen-bond donors (Lipinski definition) is 1. The first-order valence-corrected chi connectivity index (χ1v) is 5.69. The third kappa shape index (κ3) is 2.25. The minimum atomic E-state index is -0.922. The summed E-state index contributed by atoms with van der Waals surface area (Å²) in [7, 11) is 0. The second-order valence-corrected chi connectivity index (χ2v) is 4.11. The molecule has 2 rings (SSSR count). The highest BCUT2D eigenvalue weighted by atomic mass is 35.5. The molecule has 7 heteroatoms. The molecular weight excluding hydrogens is 260 g/mol. The maximum absolute atomic E-state index is 11.2. The van der Waals surface area contributed by atoms with Crippen molar-refractivity contribution in [3.8, 4) is 0 Å². The van der Waals surface area contributed by atoms with E-state index in [-0.39, 0.29) is 17.3 Å². The van der Waals surface area contributed by atoms with E-state index in [1.807, 2.05) is 0 Å². The lowest BCUT2D eigenvalue weighted by Gasteiger charge is -2.02. The van der Waals surface area contributed by atoms with Crippen molar-refractivity contribution in [1.82, 2.24) is 0 Å². The second kappa shape index (κ2) is 4.83. The van der Waals surface area contributed by atoms with Gasteiger partial charge in [0.2, 0.25) is 0 Å². The topological polar surface area (TPSA) is 92.8 Å². The van der Waals surface area contributed by atoms with Gasteiger partial charge in [-0.1, -0.05) is 6.07 Å². The molecular formula is C11H9ClN2O4. The Bertz CT molecular complexity index is 556. The van der Waals surface area contributed by atoms with Crippen LogP contribution in [0.1, 0.15) is 11.1 Å². The third-order valence-electron chi connectivity index (χ3n) is 2.67. The summed E-state index contributed by atoms with van der Waals surface area (Å²) < 4.78 is 0. The Kier molecular flexibility index (Phi) is 3.40. The van der Waals surface area contributed by atoms with Crippen LogP contribution in [0.2, 0.25) is 0 Å². The highest BCUT2D eigenvalue weighted by Gasteiger charge is 2.29. The molecule has 0 aliphatic heterocycles. The molecule has 1 aromatic carbocycles. The molecule has 0 spiro atoms. The SMILES string of the molecule is O=C(CCl)N=C1c2cc([N+](=O)[O-])ccc2C[C@@H]1O. The molecule has 0 radical (unpaired) electrons. The first kappa shape index (κ1) is 12.7. The van der Waals surface area contributed by atoms with E-state index in [1.165, 1.54) is 12.1 Å². The molecule has 0 unspecified atom stereocenters. The van der Waals surface area contributed by atoms with Gasteiger partial charge in [0.15, 0.2) is 0 Å². The van der Waals surface area contributed by atoms with Gasteiger partial charge < -0.3 is 5.11 Å². The second-order valence-electron chi connectivity index (χ2n) is 3.84. The number of nitro groups is 1. The molecule has 1 aliphatic carbocycles. The van der Waals surface area contributed by atoms with Crippen molar-refractivity contribution in [2.75, 3.05) is 5.88 Å². The number of rotatable bonds is 2. The fourth-order valence-corrected chi connectivity index (χ4v) is 1.94. The van der Waals surface area contributed by atoms with Crippen molar-refractivity contribution < 1.29 is 14.8 Å². The number of aliphatic hydroxyl groups is 1. The Morgan fingerprint density at radius 1 is 1.61 bits per heavy atom.